The SMILES string of the molecule is C/C=C/C(=O)Nc1cc(-c2cnc(C)c(/C(=C\C3CN3)c3cc(F)cc(F)c3OC)c2)ccc1F. The zero-order valence-electron chi connectivity index (χ0n) is 19.5. The van der Waals surface area contributed by atoms with Crippen LogP contribution in [0, 0.1) is 24.4 Å². The van der Waals surface area contributed by atoms with Crippen molar-refractivity contribution in [2.75, 3.05) is 19.0 Å². The van der Waals surface area contributed by atoms with Crippen LogP contribution in [0.25, 0.3) is 16.7 Å². The fourth-order valence-corrected chi connectivity index (χ4v) is 3.77. The molecule has 1 unspecified atom stereocenters. The van der Waals surface area contributed by atoms with E-state index >= 15 is 0 Å². The number of carbonyl (C=O) groups excluding carboxylic acids is 1. The van der Waals surface area contributed by atoms with Crippen LogP contribution in [0.1, 0.15) is 23.7 Å². The Bertz CT molecular complexity index is 1350. The normalized spacial score (nSPS) is 15.4. The molecule has 2 aromatic carbocycles. The van der Waals surface area contributed by atoms with Crippen LogP contribution in [0.4, 0.5) is 18.9 Å². The number of ether oxygens (including phenoxy) is 1. The molecule has 180 valence electrons. The highest BCUT2D eigenvalue weighted by atomic mass is 19.1. The number of aryl methyl sites for hydroxylation is 1. The summed E-state index contributed by atoms with van der Waals surface area (Å²) in [5.41, 5.74) is 3.37. The molecule has 0 radical (unpaired) electrons. The molecule has 1 saturated heterocycles. The topological polar surface area (TPSA) is 73.2 Å². The number of allylic oxidation sites excluding steroid dienone is 1. The highest BCUT2D eigenvalue weighted by Gasteiger charge is 2.24. The number of rotatable bonds is 7. The van der Waals surface area contributed by atoms with Crippen molar-refractivity contribution in [1.82, 2.24) is 10.3 Å². The highest BCUT2D eigenvalue weighted by molar-refractivity contribution is 5.99. The summed E-state index contributed by atoms with van der Waals surface area (Å²) in [6, 6.07) is 8.23. The van der Waals surface area contributed by atoms with Crippen LogP contribution in [-0.4, -0.2) is 30.6 Å². The van der Waals surface area contributed by atoms with Crippen molar-refractivity contribution in [2.45, 2.75) is 19.9 Å². The second kappa shape index (κ2) is 10.1. The molecular formula is C27H24F3N3O2. The molecule has 1 atom stereocenters. The van der Waals surface area contributed by atoms with E-state index in [0.717, 1.165) is 12.6 Å². The number of methoxy groups -OCH3 is 1. The van der Waals surface area contributed by atoms with Crippen molar-refractivity contribution in [2.24, 2.45) is 0 Å². The second-order valence-electron chi connectivity index (χ2n) is 8.10. The molecule has 35 heavy (non-hydrogen) atoms. The molecule has 1 aliphatic rings. The summed E-state index contributed by atoms with van der Waals surface area (Å²) in [6.07, 6.45) is 6.36. The predicted molar refractivity (Wildman–Crippen MR) is 130 cm³/mol. The first-order chi connectivity index (χ1) is 16.8. The van der Waals surface area contributed by atoms with Gasteiger partial charge in [0, 0.05) is 47.2 Å². The Morgan fingerprint density at radius 2 is 1.89 bits per heavy atom. The minimum absolute atomic E-state index is 0.0274. The van der Waals surface area contributed by atoms with Crippen molar-refractivity contribution < 1.29 is 22.7 Å². The van der Waals surface area contributed by atoms with E-state index in [1.54, 1.807) is 32.2 Å². The monoisotopic (exact) mass is 479 g/mol. The summed E-state index contributed by atoms with van der Waals surface area (Å²) in [7, 11) is 1.33. The van der Waals surface area contributed by atoms with Crippen molar-refractivity contribution >= 4 is 17.2 Å². The van der Waals surface area contributed by atoms with Gasteiger partial charge >= 0.3 is 0 Å². The number of benzene rings is 2. The maximum absolute atomic E-state index is 14.5. The summed E-state index contributed by atoms with van der Waals surface area (Å²) in [5.74, 6) is -2.63. The van der Waals surface area contributed by atoms with Crippen LogP contribution in [0.3, 0.4) is 0 Å². The molecule has 1 fully saturated rings. The Kier molecular flexibility index (Phi) is 7.02. The van der Waals surface area contributed by atoms with Gasteiger partial charge in [-0.3, -0.25) is 9.78 Å². The first-order valence-corrected chi connectivity index (χ1v) is 11.0. The highest BCUT2D eigenvalue weighted by Crippen LogP contribution is 2.37. The predicted octanol–water partition coefficient (Wildman–Crippen LogP) is 5.40. The summed E-state index contributed by atoms with van der Waals surface area (Å²) < 4.78 is 48.4. The van der Waals surface area contributed by atoms with Crippen LogP contribution < -0.4 is 15.4 Å². The van der Waals surface area contributed by atoms with Crippen molar-refractivity contribution in [3.63, 3.8) is 0 Å². The van der Waals surface area contributed by atoms with E-state index in [-0.39, 0.29) is 23.0 Å². The molecule has 2 N–H and O–H groups in total. The maximum Gasteiger partial charge on any atom is 0.248 e. The van der Waals surface area contributed by atoms with Gasteiger partial charge in [-0.25, -0.2) is 13.2 Å². The Hall–Kier alpha value is -3.91. The molecule has 1 aromatic heterocycles. The molecule has 0 spiro atoms. The number of pyridine rings is 1. The summed E-state index contributed by atoms with van der Waals surface area (Å²) >= 11 is 0. The average molecular weight is 480 g/mol. The third-order valence-corrected chi connectivity index (χ3v) is 5.56. The van der Waals surface area contributed by atoms with Gasteiger partial charge in [-0.1, -0.05) is 18.2 Å². The van der Waals surface area contributed by atoms with Crippen LogP contribution in [0.15, 0.2) is 60.8 Å². The smallest absolute Gasteiger partial charge is 0.248 e. The van der Waals surface area contributed by atoms with E-state index < -0.39 is 23.4 Å². The standard InChI is InChI=1S/C27H24F3N3O2/c1-4-5-26(34)33-25-9-16(6-7-23(25)29)17-8-20(15(2)31-13-17)21(12-19-14-32-19)22-10-18(28)11-24(30)27(22)35-3/h4-13,19,32H,14H2,1-3H3,(H,33,34)/b5-4+,21-12+. The second-order valence-corrected chi connectivity index (χ2v) is 8.10. The van der Waals surface area contributed by atoms with Gasteiger partial charge in [-0.05, 0) is 55.3 Å². The number of anilines is 1. The Balaban J connectivity index is 1.83. The third kappa shape index (κ3) is 5.44. The first-order valence-electron chi connectivity index (χ1n) is 11.0. The summed E-state index contributed by atoms with van der Waals surface area (Å²) in [5, 5.41) is 5.68. The summed E-state index contributed by atoms with van der Waals surface area (Å²) in [4.78, 5) is 16.4. The number of nitrogens with one attached hydrogen (secondary N) is 2. The van der Waals surface area contributed by atoms with Gasteiger partial charge in [-0.15, -0.1) is 0 Å². The maximum atomic E-state index is 14.5. The molecule has 1 aliphatic heterocycles. The van der Waals surface area contributed by atoms with Crippen molar-refractivity contribution in [3.05, 3.63) is 95.1 Å². The minimum Gasteiger partial charge on any atom is -0.493 e. The Morgan fingerprint density at radius 3 is 2.57 bits per heavy atom. The quantitative estimate of drug-likeness (QED) is 0.352. The number of carbonyl (C=O) groups is 1. The van der Waals surface area contributed by atoms with Gasteiger partial charge in [-0.2, -0.15) is 0 Å². The van der Waals surface area contributed by atoms with Gasteiger partial charge in [0.15, 0.2) is 11.6 Å². The van der Waals surface area contributed by atoms with Gasteiger partial charge in [0.1, 0.15) is 11.6 Å². The van der Waals surface area contributed by atoms with Gasteiger partial charge in [0.05, 0.1) is 12.8 Å². The Labute approximate surface area is 201 Å². The molecular weight excluding hydrogens is 455 g/mol. The molecule has 0 aliphatic carbocycles. The van der Waals surface area contributed by atoms with E-state index in [1.807, 2.05) is 12.1 Å². The van der Waals surface area contributed by atoms with Gasteiger partial charge in [0.25, 0.3) is 0 Å². The lowest BCUT2D eigenvalue weighted by Gasteiger charge is -2.17. The zero-order chi connectivity index (χ0) is 25.1. The van der Waals surface area contributed by atoms with E-state index in [0.29, 0.717) is 28.0 Å². The van der Waals surface area contributed by atoms with E-state index in [4.69, 9.17) is 4.74 Å². The zero-order valence-corrected chi connectivity index (χ0v) is 19.5. The lowest BCUT2D eigenvalue weighted by molar-refractivity contribution is -0.111. The van der Waals surface area contributed by atoms with E-state index in [2.05, 4.69) is 15.6 Å². The van der Waals surface area contributed by atoms with Crippen LogP contribution >= 0.6 is 0 Å². The number of amides is 1. The average Bonchev–Trinajstić information content (AvgIpc) is 3.63. The number of halogens is 3. The van der Waals surface area contributed by atoms with Crippen molar-refractivity contribution in [3.8, 4) is 16.9 Å². The largest absolute Gasteiger partial charge is 0.493 e. The van der Waals surface area contributed by atoms with Crippen LogP contribution in [0.2, 0.25) is 0 Å². The van der Waals surface area contributed by atoms with E-state index in [9.17, 15) is 18.0 Å². The first kappa shape index (κ1) is 24.2. The molecule has 2 heterocycles. The fraction of sp³-hybridized carbons (Fsp3) is 0.185. The number of nitrogens with zero attached hydrogens (tertiary/aromatic N) is 1. The van der Waals surface area contributed by atoms with Gasteiger partial charge < -0.3 is 15.4 Å². The number of hydrogen-bond donors (Lipinski definition) is 2. The van der Waals surface area contributed by atoms with Crippen molar-refractivity contribution in [1.29, 1.82) is 0 Å². The number of hydrogen-bond acceptors (Lipinski definition) is 4. The molecule has 0 bridgehead atoms. The molecule has 3 aromatic rings. The lowest BCUT2D eigenvalue weighted by Crippen LogP contribution is -2.09. The van der Waals surface area contributed by atoms with Crippen LogP contribution in [0.5, 0.6) is 5.75 Å². The molecule has 5 nitrogen and oxygen atoms in total. The molecule has 4 rings (SSSR count). The third-order valence-electron chi connectivity index (χ3n) is 5.56. The lowest BCUT2D eigenvalue weighted by atomic mass is 9.92. The molecule has 1 amide bonds. The molecule has 8 heteroatoms. The van der Waals surface area contributed by atoms with Crippen LogP contribution in [-0.2, 0) is 4.79 Å². The summed E-state index contributed by atoms with van der Waals surface area (Å²) in [6.45, 7) is 4.22. The van der Waals surface area contributed by atoms with E-state index in [1.165, 1.54) is 31.4 Å². The number of aromatic nitrogens is 1. The Morgan fingerprint density at radius 1 is 1.11 bits per heavy atom. The fourth-order valence-electron chi connectivity index (χ4n) is 3.77. The minimum atomic E-state index is -0.807. The molecule has 0 saturated carbocycles. The van der Waals surface area contributed by atoms with Gasteiger partial charge in [0.2, 0.25) is 5.91 Å².